The number of carbonyl (C=O) groups is 1. The summed E-state index contributed by atoms with van der Waals surface area (Å²) < 4.78 is 17.0. The minimum absolute atomic E-state index is 0.193. The van der Waals surface area contributed by atoms with Crippen LogP contribution in [0.5, 0.6) is 17.2 Å². The van der Waals surface area contributed by atoms with Crippen molar-refractivity contribution in [3.05, 3.63) is 78.1 Å². The van der Waals surface area contributed by atoms with E-state index in [2.05, 4.69) is 10.3 Å². The SMILES string of the molecule is COc1ccc(NC(=O)C2Cc3ccccc3O2)cc1OCc1ccncc1. The average molecular weight is 376 g/mol. The van der Waals surface area contributed by atoms with E-state index in [1.54, 1.807) is 37.7 Å². The fourth-order valence-electron chi connectivity index (χ4n) is 3.06. The summed E-state index contributed by atoms with van der Waals surface area (Å²) >= 11 is 0. The number of hydrogen-bond acceptors (Lipinski definition) is 5. The van der Waals surface area contributed by atoms with Crippen molar-refractivity contribution in [3.63, 3.8) is 0 Å². The van der Waals surface area contributed by atoms with Crippen molar-refractivity contribution in [1.29, 1.82) is 0 Å². The molecule has 6 heteroatoms. The quantitative estimate of drug-likeness (QED) is 0.712. The molecule has 4 rings (SSSR count). The van der Waals surface area contributed by atoms with Gasteiger partial charge in [0.1, 0.15) is 12.4 Å². The molecule has 1 amide bonds. The van der Waals surface area contributed by atoms with Crippen LogP contribution in [0.1, 0.15) is 11.1 Å². The molecule has 0 bridgehead atoms. The van der Waals surface area contributed by atoms with E-state index in [0.29, 0.717) is 30.2 Å². The summed E-state index contributed by atoms with van der Waals surface area (Å²) in [6.07, 6.45) is 3.45. The third-order valence-electron chi connectivity index (χ3n) is 4.51. The Balaban J connectivity index is 1.44. The molecule has 1 N–H and O–H groups in total. The first-order valence-corrected chi connectivity index (χ1v) is 8.98. The van der Waals surface area contributed by atoms with Gasteiger partial charge in [0, 0.05) is 30.6 Å². The Morgan fingerprint density at radius 2 is 1.96 bits per heavy atom. The van der Waals surface area contributed by atoms with Crippen LogP contribution in [-0.4, -0.2) is 24.1 Å². The van der Waals surface area contributed by atoms with Gasteiger partial charge in [-0.05, 0) is 41.5 Å². The smallest absolute Gasteiger partial charge is 0.265 e. The van der Waals surface area contributed by atoms with Crippen LogP contribution in [0.2, 0.25) is 0 Å². The largest absolute Gasteiger partial charge is 0.493 e. The van der Waals surface area contributed by atoms with Gasteiger partial charge >= 0.3 is 0 Å². The van der Waals surface area contributed by atoms with E-state index in [-0.39, 0.29) is 5.91 Å². The number of para-hydroxylation sites is 1. The first kappa shape index (κ1) is 17.9. The molecule has 28 heavy (non-hydrogen) atoms. The highest BCUT2D eigenvalue weighted by Crippen LogP contribution is 2.32. The summed E-state index contributed by atoms with van der Waals surface area (Å²) in [5.41, 5.74) is 2.65. The first-order valence-electron chi connectivity index (χ1n) is 8.98. The monoisotopic (exact) mass is 376 g/mol. The number of anilines is 1. The van der Waals surface area contributed by atoms with Crippen molar-refractivity contribution >= 4 is 11.6 Å². The second-order valence-electron chi connectivity index (χ2n) is 6.42. The maximum atomic E-state index is 12.6. The zero-order valence-electron chi connectivity index (χ0n) is 15.4. The number of amides is 1. The van der Waals surface area contributed by atoms with Crippen molar-refractivity contribution in [2.45, 2.75) is 19.1 Å². The van der Waals surface area contributed by atoms with Crippen molar-refractivity contribution in [2.75, 3.05) is 12.4 Å². The van der Waals surface area contributed by atoms with Crippen LogP contribution < -0.4 is 19.5 Å². The number of fused-ring (bicyclic) bond motifs is 1. The summed E-state index contributed by atoms with van der Waals surface area (Å²) in [5.74, 6) is 1.71. The molecule has 2 heterocycles. The van der Waals surface area contributed by atoms with Gasteiger partial charge in [-0.25, -0.2) is 0 Å². The number of hydrogen-bond donors (Lipinski definition) is 1. The second kappa shape index (κ2) is 8.00. The Morgan fingerprint density at radius 1 is 1.14 bits per heavy atom. The van der Waals surface area contributed by atoms with Gasteiger partial charge in [0.2, 0.25) is 0 Å². The average Bonchev–Trinajstić information content (AvgIpc) is 3.18. The van der Waals surface area contributed by atoms with E-state index in [1.165, 1.54) is 0 Å². The number of rotatable bonds is 6. The fraction of sp³-hybridized carbons (Fsp3) is 0.182. The van der Waals surface area contributed by atoms with Crippen LogP contribution in [0, 0.1) is 0 Å². The highest BCUT2D eigenvalue weighted by Gasteiger charge is 2.28. The normalized spacial score (nSPS) is 14.7. The Labute approximate surface area is 163 Å². The van der Waals surface area contributed by atoms with Gasteiger partial charge in [-0.15, -0.1) is 0 Å². The summed E-state index contributed by atoms with van der Waals surface area (Å²) in [6.45, 7) is 0.372. The predicted octanol–water partition coefficient (Wildman–Crippen LogP) is 3.61. The number of ether oxygens (including phenoxy) is 3. The van der Waals surface area contributed by atoms with Gasteiger partial charge in [-0.1, -0.05) is 18.2 Å². The number of carbonyl (C=O) groups excluding carboxylic acids is 1. The topological polar surface area (TPSA) is 69.7 Å². The maximum Gasteiger partial charge on any atom is 0.265 e. The Hall–Kier alpha value is -3.54. The van der Waals surface area contributed by atoms with Gasteiger partial charge in [-0.2, -0.15) is 0 Å². The van der Waals surface area contributed by atoms with Crippen LogP contribution >= 0.6 is 0 Å². The van der Waals surface area contributed by atoms with Gasteiger partial charge in [-0.3, -0.25) is 9.78 Å². The Morgan fingerprint density at radius 3 is 2.75 bits per heavy atom. The molecule has 0 saturated carbocycles. The summed E-state index contributed by atoms with van der Waals surface area (Å²) in [4.78, 5) is 16.6. The molecule has 0 spiro atoms. The molecule has 1 unspecified atom stereocenters. The van der Waals surface area contributed by atoms with E-state index in [0.717, 1.165) is 16.9 Å². The van der Waals surface area contributed by atoms with Crippen LogP contribution in [0.25, 0.3) is 0 Å². The van der Waals surface area contributed by atoms with Crippen LogP contribution in [-0.2, 0) is 17.8 Å². The van der Waals surface area contributed by atoms with Crippen LogP contribution in [0.3, 0.4) is 0 Å². The predicted molar refractivity (Wildman–Crippen MR) is 105 cm³/mol. The molecule has 0 radical (unpaired) electrons. The number of benzene rings is 2. The summed E-state index contributed by atoms with van der Waals surface area (Å²) in [5, 5.41) is 2.90. The van der Waals surface area contributed by atoms with Crippen molar-refractivity contribution in [3.8, 4) is 17.2 Å². The van der Waals surface area contributed by atoms with E-state index in [1.807, 2.05) is 36.4 Å². The number of methoxy groups -OCH3 is 1. The number of pyridine rings is 1. The highest BCUT2D eigenvalue weighted by molar-refractivity contribution is 5.95. The van der Waals surface area contributed by atoms with Gasteiger partial charge in [0.15, 0.2) is 17.6 Å². The standard InChI is InChI=1S/C22H20N2O4/c1-26-19-7-6-17(13-20(19)27-14-15-8-10-23-11-9-15)24-22(25)21-12-16-4-2-3-5-18(16)28-21/h2-11,13,21H,12,14H2,1H3,(H,24,25). The van der Waals surface area contributed by atoms with Crippen molar-refractivity contribution < 1.29 is 19.0 Å². The molecular formula is C22H20N2O4. The first-order chi connectivity index (χ1) is 13.7. The zero-order valence-corrected chi connectivity index (χ0v) is 15.4. The molecule has 1 aliphatic rings. The maximum absolute atomic E-state index is 12.6. The molecular weight excluding hydrogens is 356 g/mol. The second-order valence-corrected chi connectivity index (χ2v) is 6.42. The van der Waals surface area contributed by atoms with E-state index < -0.39 is 6.10 Å². The van der Waals surface area contributed by atoms with Gasteiger partial charge in [0.25, 0.3) is 5.91 Å². The molecule has 142 valence electrons. The summed E-state index contributed by atoms with van der Waals surface area (Å²) in [6, 6.07) is 16.7. The Bertz CT molecular complexity index is 950. The number of nitrogens with one attached hydrogen (secondary N) is 1. The lowest BCUT2D eigenvalue weighted by Gasteiger charge is -2.15. The fourth-order valence-corrected chi connectivity index (χ4v) is 3.06. The van der Waals surface area contributed by atoms with Gasteiger partial charge in [0.05, 0.1) is 7.11 Å². The third-order valence-corrected chi connectivity index (χ3v) is 4.51. The third kappa shape index (κ3) is 3.91. The van der Waals surface area contributed by atoms with E-state index >= 15 is 0 Å². The molecule has 6 nitrogen and oxygen atoms in total. The van der Waals surface area contributed by atoms with Gasteiger partial charge < -0.3 is 19.5 Å². The molecule has 1 aliphatic heterocycles. The molecule has 3 aromatic rings. The summed E-state index contributed by atoms with van der Waals surface area (Å²) in [7, 11) is 1.58. The molecule has 1 atom stereocenters. The lowest BCUT2D eigenvalue weighted by Crippen LogP contribution is -2.31. The highest BCUT2D eigenvalue weighted by atomic mass is 16.5. The molecule has 2 aromatic carbocycles. The number of nitrogens with zero attached hydrogens (tertiary/aromatic N) is 1. The minimum atomic E-state index is -0.541. The van der Waals surface area contributed by atoms with Crippen LogP contribution in [0.4, 0.5) is 5.69 Å². The Kier molecular flexibility index (Phi) is 5.10. The molecule has 0 saturated heterocycles. The number of aromatic nitrogens is 1. The minimum Gasteiger partial charge on any atom is -0.493 e. The molecule has 1 aromatic heterocycles. The van der Waals surface area contributed by atoms with Crippen LogP contribution in [0.15, 0.2) is 67.0 Å². The van der Waals surface area contributed by atoms with E-state index in [4.69, 9.17) is 14.2 Å². The lowest BCUT2D eigenvalue weighted by atomic mass is 10.1. The van der Waals surface area contributed by atoms with E-state index in [9.17, 15) is 4.79 Å². The molecule has 0 fully saturated rings. The zero-order chi connectivity index (χ0) is 19.3. The van der Waals surface area contributed by atoms with Crippen molar-refractivity contribution in [1.82, 2.24) is 4.98 Å². The lowest BCUT2D eigenvalue weighted by molar-refractivity contribution is -0.122. The van der Waals surface area contributed by atoms with Crippen molar-refractivity contribution in [2.24, 2.45) is 0 Å². The molecule has 0 aliphatic carbocycles.